The van der Waals surface area contributed by atoms with Gasteiger partial charge in [0.25, 0.3) is 5.91 Å². The van der Waals surface area contributed by atoms with E-state index in [4.69, 9.17) is 0 Å². The lowest BCUT2D eigenvalue weighted by Gasteiger charge is -2.17. The van der Waals surface area contributed by atoms with Crippen LogP contribution in [0, 0.1) is 5.92 Å². The van der Waals surface area contributed by atoms with E-state index < -0.39 is 0 Å². The van der Waals surface area contributed by atoms with Crippen molar-refractivity contribution in [3.8, 4) is 0 Å². The fourth-order valence-corrected chi connectivity index (χ4v) is 2.79. The highest BCUT2D eigenvalue weighted by atomic mass is 32.2. The van der Waals surface area contributed by atoms with Crippen LogP contribution in [0.25, 0.3) is 0 Å². The first kappa shape index (κ1) is 11.5. The van der Waals surface area contributed by atoms with Crippen LogP contribution in [0.3, 0.4) is 0 Å². The summed E-state index contributed by atoms with van der Waals surface area (Å²) in [5.74, 6) is 0.400. The van der Waals surface area contributed by atoms with Crippen LogP contribution in [0.5, 0.6) is 0 Å². The standard InChI is InChI=1S/C12H16N2OS/c1-4-5-6-9-7-16-12-13-10(8(2)3)11(15)14(9)12/h4,7-8,10H,1,5-6H2,2-3H3/t10-/m1/s1. The molecule has 0 saturated heterocycles. The number of rotatable bonds is 4. The number of amidine groups is 1. The molecule has 2 rings (SSSR count). The largest absolute Gasteiger partial charge is 0.272 e. The molecule has 0 saturated carbocycles. The van der Waals surface area contributed by atoms with Gasteiger partial charge in [-0.2, -0.15) is 0 Å². The zero-order valence-corrected chi connectivity index (χ0v) is 10.5. The zero-order valence-electron chi connectivity index (χ0n) is 9.64. The van der Waals surface area contributed by atoms with Gasteiger partial charge in [-0.1, -0.05) is 31.7 Å². The van der Waals surface area contributed by atoms with Crippen molar-refractivity contribution in [2.75, 3.05) is 0 Å². The summed E-state index contributed by atoms with van der Waals surface area (Å²) in [5, 5.41) is 2.87. The van der Waals surface area contributed by atoms with Crippen LogP contribution in [-0.4, -0.2) is 22.0 Å². The third kappa shape index (κ3) is 1.82. The van der Waals surface area contributed by atoms with Gasteiger partial charge in [0.2, 0.25) is 0 Å². The van der Waals surface area contributed by atoms with Gasteiger partial charge in [0.05, 0.1) is 0 Å². The fourth-order valence-electron chi connectivity index (χ4n) is 1.83. The summed E-state index contributed by atoms with van der Waals surface area (Å²) in [6.07, 6.45) is 3.64. The lowest BCUT2D eigenvalue weighted by atomic mass is 10.0. The fraction of sp³-hybridized carbons (Fsp3) is 0.500. The Bertz CT molecular complexity index is 384. The number of carbonyl (C=O) groups excluding carboxylic acids is 1. The minimum atomic E-state index is -0.185. The van der Waals surface area contributed by atoms with E-state index >= 15 is 0 Å². The maximum atomic E-state index is 12.1. The molecule has 0 N–H and O–H groups in total. The van der Waals surface area contributed by atoms with Crippen LogP contribution in [0.4, 0.5) is 0 Å². The Kier molecular flexibility index (Phi) is 3.19. The highest BCUT2D eigenvalue weighted by Crippen LogP contribution is 2.35. The van der Waals surface area contributed by atoms with Gasteiger partial charge < -0.3 is 0 Å². The second-order valence-electron chi connectivity index (χ2n) is 4.33. The highest BCUT2D eigenvalue weighted by molar-refractivity contribution is 8.16. The predicted octanol–water partition coefficient (Wildman–Crippen LogP) is 2.76. The van der Waals surface area contributed by atoms with Crippen LogP contribution in [0.15, 0.2) is 28.8 Å². The maximum absolute atomic E-state index is 12.1. The Balaban J connectivity index is 2.13. The van der Waals surface area contributed by atoms with Gasteiger partial charge in [0.15, 0.2) is 5.17 Å². The minimum absolute atomic E-state index is 0.130. The maximum Gasteiger partial charge on any atom is 0.258 e. The van der Waals surface area contributed by atoms with E-state index in [1.807, 2.05) is 25.3 Å². The third-order valence-electron chi connectivity index (χ3n) is 2.74. The van der Waals surface area contributed by atoms with Crippen LogP contribution in [0.2, 0.25) is 0 Å². The lowest BCUT2D eigenvalue weighted by molar-refractivity contribution is -0.126. The predicted molar refractivity (Wildman–Crippen MR) is 68.0 cm³/mol. The molecule has 0 unspecified atom stereocenters. The number of hydrogen-bond acceptors (Lipinski definition) is 3. The number of fused-ring (bicyclic) bond motifs is 1. The number of amides is 1. The number of hydrogen-bond donors (Lipinski definition) is 0. The molecule has 0 aromatic rings. The molecular weight excluding hydrogens is 220 g/mol. The molecule has 3 nitrogen and oxygen atoms in total. The molecule has 2 aliphatic heterocycles. The molecule has 4 heteroatoms. The normalized spacial score (nSPS) is 23.6. The van der Waals surface area contributed by atoms with Crippen molar-refractivity contribution in [1.82, 2.24) is 4.90 Å². The van der Waals surface area contributed by atoms with E-state index in [1.54, 1.807) is 16.7 Å². The van der Waals surface area contributed by atoms with Gasteiger partial charge in [0.1, 0.15) is 6.04 Å². The summed E-state index contributed by atoms with van der Waals surface area (Å²) in [4.78, 5) is 18.4. The van der Waals surface area contributed by atoms with E-state index in [2.05, 4.69) is 11.6 Å². The Hall–Kier alpha value is -1.03. The lowest BCUT2D eigenvalue weighted by Crippen LogP contribution is -2.33. The van der Waals surface area contributed by atoms with Crippen molar-refractivity contribution >= 4 is 22.8 Å². The molecule has 0 fully saturated rings. The molecule has 16 heavy (non-hydrogen) atoms. The second-order valence-corrected chi connectivity index (χ2v) is 5.17. The molecule has 0 radical (unpaired) electrons. The first-order chi connectivity index (χ1) is 7.65. The van der Waals surface area contributed by atoms with E-state index in [9.17, 15) is 4.79 Å². The van der Waals surface area contributed by atoms with Gasteiger partial charge >= 0.3 is 0 Å². The smallest absolute Gasteiger partial charge is 0.258 e. The summed E-state index contributed by atoms with van der Waals surface area (Å²) in [5.41, 5.74) is 1.07. The first-order valence-electron chi connectivity index (χ1n) is 5.53. The molecule has 1 atom stereocenters. The van der Waals surface area contributed by atoms with E-state index in [0.29, 0.717) is 0 Å². The van der Waals surface area contributed by atoms with Gasteiger partial charge in [-0.25, -0.2) is 4.99 Å². The van der Waals surface area contributed by atoms with Crippen molar-refractivity contribution < 1.29 is 4.79 Å². The van der Waals surface area contributed by atoms with Crippen LogP contribution < -0.4 is 0 Å². The average molecular weight is 236 g/mol. The summed E-state index contributed by atoms with van der Waals surface area (Å²) >= 11 is 1.56. The molecule has 0 aromatic heterocycles. The summed E-state index contributed by atoms with van der Waals surface area (Å²) < 4.78 is 0. The van der Waals surface area contributed by atoms with Gasteiger partial charge in [-0.05, 0) is 24.2 Å². The SMILES string of the molecule is C=CCCC1=CSC2=N[C@H](C(C)C)C(=O)N12. The van der Waals surface area contributed by atoms with Crippen molar-refractivity contribution in [3.05, 3.63) is 23.8 Å². The minimum Gasteiger partial charge on any atom is -0.272 e. The topological polar surface area (TPSA) is 32.7 Å². The Morgan fingerprint density at radius 1 is 1.69 bits per heavy atom. The van der Waals surface area contributed by atoms with Crippen molar-refractivity contribution in [2.24, 2.45) is 10.9 Å². The van der Waals surface area contributed by atoms with E-state index in [0.717, 1.165) is 23.7 Å². The molecule has 86 valence electrons. The number of nitrogens with zero attached hydrogens (tertiary/aromatic N) is 2. The van der Waals surface area contributed by atoms with Crippen molar-refractivity contribution in [2.45, 2.75) is 32.7 Å². The number of carbonyl (C=O) groups is 1. The van der Waals surface area contributed by atoms with Crippen molar-refractivity contribution in [1.29, 1.82) is 0 Å². The quantitative estimate of drug-likeness (QED) is 0.703. The molecule has 1 amide bonds. The van der Waals surface area contributed by atoms with Gasteiger partial charge in [0, 0.05) is 5.70 Å². The number of thioether (sulfide) groups is 1. The summed E-state index contributed by atoms with van der Waals surface area (Å²) in [6, 6.07) is -0.185. The molecule has 2 aliphatic rings. The highest BCUT2D eigenvalue weighted by Gasteiger charge is 2.40. The molecule has 0 aliphatic carbocycles. The van der Waals surface area contributed by atoms with Crippen LogP contribution in [0.1, 0.15) is 26.7 Å². The molecule has 0 aromatic carbocycles. The summed E-state index contributed by atoms with van der Waals surface area (Å²) in [6.45, 7) is 7.77. The molecule has 0 spiro atoms. The van der Waals surface area contributed by atoms with Gasteiger partial charge in [-0.15, -0.1) is 6.58 Å². The Labute approximate surface area is 100 Å². The molecule has 0 bridgehead atoms. The number of aliphatic imine (C=N–C) groups is 1. The first-order valence-corrected chi connectivity index (χ1v) is 6.41. The Morgan fingerprint density at radius 3 is 3.06 bits per heavy atom. The number of allylic oxidation sites excluding steroid dienone is 2. The van der Waals surface area contributed by atoms with E-state index in [1.165, 1.54) is 0 Å². The third-order valence-corrected chi connectivity index (χ3v) is 3.63. The van der Waals surface area contributed by atoms with Gasteiger partial charge in [-0.3, -0.25) is 9.69 Å². The second kappa shape index (κ2) is 4.45. The molecule has 2 heterocycles. The van der Waals surface area contributed by atoms with Crippen LogP contribution >= 0.6 is 11.8 Å². The molecular formula is C12H16N2OS. The Morgan fingerprint density at radius 2 is 2.44 bits per heavy atom. The monoisotopic (exact) mass is 236 g/mol. The zero-order chi connectivity index (χ0) is 11.7. The van der Waals surface area contributed by atoms with E-state index in [-0.39, 0.29) is 17.9 Å². The average Bonchev–Trinajstić information content (AvgIpc) is 2.77. The van der Waals surface area contributed by atoms with Crippen molar-refractivity contribution in [3.63, 3.8) is 0 Å². The van der Waals surface area contributed by atoms with Crippen LogP contribution in [-0.2, 0) is 4.79 Å². The summed E-state index contributed by atoms with van der Waals surface area (Å²) in [7, 11) is 0.